The van der Waals surface area contributed by atoms with E-state index in [4.69, 9.17) is 9.84 Å². The summed E-state index contributed by atoms with van der Waals surface area (Å²) in [6, 6.07) is 15.7. The van der Waals surface area contributed by atoms with E-state index in [9.17, 15) is 9.59 Å². The Bertz CT molecular complexity index is 899. The van der Waals surface area contributed by atoms with Gasteiger partial charge in [0.15, 0.2) is 0 Å². The summed E-state index contributed by atoms with van der Waals surface area (Å²) in [7, 11) is 0. The Morgan fingerprint density at radius 3 is 2.36 bits per heavy atom. The highest BCUT2D eigenvalue weighted by atomic mass is 16.5. The normalized spacial score (nSPS) is 10.4. The highest BCUT2D eigenvalue weighted by Crippen LogP contribution is 2.27. The van der Waals surface area contributed by atoms with E-state index in [1.54, 1.807) is 23.7 Å². The van der Waals surface area contributed by atoms with Crippen LogP contribution in [0.3, 0.4) is 0 Å². The maximum absolute atomic E-state index is 12.3. The maximum atomic E-state index is 12.3. The zero-order valence-corrected chi connectivity index (χ0v) is 13.5. The number of aromatic carboxylic acids is 1. The minimum Gasteiger partial charge on any atom is -0.478 e. The van der Waals surface area contributed by atoms with Crippen molar-refractivity contribution < 1.29 is 19.4 Å². The number of carboxylic acids is 1. The van der Waals surface area contributed by atoms with Gasteiger partial charge in [0.25, 0.3) is 0 Å². The van der Waals surface area contributed by atoms with Crippen LogP contribution in [0.1, 0.15) is 27.6 Å². The van der Waals surface area contributed by atoms with Gasteiger partial charge in [-0.15, -0.1) is 0 Å². The van der Waals surface area contributed by atoms with Crippen LogP contribution < -0.4 is 0 Å². The van der Waals surface area contributed by atoms with Crippen LogP contribution >= 0.6 is 0 Å². The third-order valence-corrected chi connectivity index (χ3v) is 3.67. The number of nitrogens with zero attached hydrogens (tertiary/aromatic N) is 2. The van der Waals surface area contributed by atoms with Crippen molar-refractivity contribution >= 4 is 11.9 Å². The third-order valence-electron chi connectivity index (χ3n) is 3.67. The van der Waals surface area contributed by atoms with E-state index in [-0.39, 0.29) is 12.2 Å². The van der Waals surface area contributed by atoms with Crippen LogP contribution in [0.25, 0.3) is 16.9 Å². The molecule has 0 atom stereocenters. The number of hydrogen-bond acceptors (Lipinski definition) is 4. The molecule has 126 valence electrons. The number of aromatic nitrogens is 2. The van der Waals surface area contributed by atoms with Crippen molar-refractivity contribution in [3.05, 3.63) is 71.9 Å². The molecule has 1 heterocycles. The van der Waals surface area contributed by atoms with E-state index in [0.29, 0.717) is 16.9 Å². The molecule has 1 N–H and O–H groups in total. The van der Waals surface area contributed by atoms with E-state index < -0.39 is 11.9 Å². The second-order valence-electron chi connectivity index (χ2n) is 5.26. The Hall–Kier alpha value is -3.41. The number of carbonyl (C=O) groups is 2. The molecule has 0 unspecified atom stereocenters. The molecule has 6 heteroatoms. The van der Waals surface area contributed by atoms with Crippen LogP contribution in [0.4, 0.5) is 0 Å². The second-order valence-corrected chi connectivity index (χ2v) is 5.26. The van der Waals surface area contributed by atoms with Crippen LogP contribution in [0.5, 0.6) is 0 Å². The number of esters is 1. The van der Waals surface area contributed by atoms with Gasteiger partial charge in [0.05, 0.1) is 29.7 Å². The number of hydrogen-bond donors (Lipinski definition) is 1. The Labute approximate surface area is 144 Å². The fourth-order valence-electron chi connectivity index (χ4n) is 2.52. The summed E-state index contributed by atoms with van der Waals surface area (Å²) in [4.78, 5) is 23.3. The fraction of sp³-hybridized carbons (Fsp3) is 0.105. The average Bonchev–Trinajstić information content (AvgIpc) is 3.08. The SMILES string of the molecule is CCOC(=O)c1cnn(-c2ccc(C(=O)O)cc2)c1-c1ccccc1. The lowest BCUT2D eigenvalue weighted by Crippen LogP contribution is -2.07. The van der Waals surface area contributed by atoms with Crippen LogP contribution in [0.2, 0.25) is 0 Å². The van der Waals surface area contributed by atoms with Gasteiger partial charge in [-0.05, 0) is 31.2 Å². The molecule has 0 fully saturated rings. The van der Waals surface area contributed by atoms with Crippen molar-refractivity contribution in [2.45, 2.75) is 6.92 Å². The maximum Gasteiger partial charge on any atom is 0.342 e. The standard InChI is InChI=1S/C19H16N2O4/c1-2-25-19(24)16-12-20-21(17(16)13-6-4-3-5-7-13)15-10-8-14(9-11-15)18(22)23/h3-12H,2H2,1H3,(H,22,23). The smallest absolute Gasteiger partial charge is 0.342 e. The second kappa shape index (κ2) is 7.00. The van der Waals surface area contributed by atoms with E-state index in [2.05, 4.69) is 5.10 Å². The van der Waals surface area contributed by atoms with Gasteiger partial charge in [0, 0.05) is 5.56 Å². The molecular weight excluding hydrogens is 320 g/mol. The molecule has 0 spiro atoms. The van der Waals surface area contributed by atoms with E-state index in [1.165, 1.54) is 18.3 Å². The first-order chi connectivity index (χ1) is 12.1. The molecular formula is C19H16N2O4. The minimum absolute atomic E-state index is 0.183. The molecule has 1 aromatic heterocycles. The van der Waals surface area contributed by atoms with Gasteiger partial charge in [0.1, 0.15) is 5.56 Å². The molecule has 0 aliphatic rings. The molecule has 0 saturated carbocycles. The van der Waals surface area contributed by atoms with Gasteiger partial charge in [-0.3, -0.25) is 0 Å². The zero-order chi connectivity index (χ0) is 17.8. The van der Waals surface area contributed by atoms with Crippen LogP contribution in [0.15, 0.2) is 60.8 Å². The Morgan fingerprint density at radius 1 is 1.08 bits per heavy atom. The van der Waals surface area contributed by atoms with Gasteiger partial charge >= 0.3 is 11.9 Å². The summed E-state index contributed by atoms with van der Waals surface area (Å²) in [5.74, 6) is -1.45. The number of rotatable bonds is 5. The van der Waals surface area contributed by atoms with Gasteiger partial charge in [-0.25, -0.2) is 14.3 Å². The molecule has 0 bridgehead atoms. The third kappa shape index (κ3) is 3.28. The summed E-state index contributed by atoms with van der Waals surface area (Å²) in [6.45, 7) is 2.01. The Balaban J connectivity index is 2.13. The number of benzene rings is 2. The van der Waals surface area contributed by atoms with Crippen LogP contribution in [-0.4, -0.2) is 33.4 Å². The highest BCUT2D eigenvalue weighted by molar-refractivity contribution is 5.96. The first-order valence-electron chi connectivity index (χ1n) is 7.76. The number of ether oxygens (including phenoxy) is 1. The molecule has 3 aromatic rings. The lowest BCUT2D eigenvalue weighted by Gasteiger charge is -2.10. The monoisotopic (exact) mass is 336 g/mol. The van der Waals surface area contributed by atoms with Crippen molar-refractivity contribution in [2.24, 2.45) is 0 Å². The van der Waals surface area contributed by atoms with E-state index in [1.807, 2.05) is 30.3 Å². The molecule has 25 heavy (non-hydrogen) atoms. The van der Waals surface area contributed by atoms with E-state index >= 15 is 0 Å². The van der Waals surface area contributed by atoms with E-state index in [0.717, 1.165) is 5.56 Å². The average molecular weight is 336 g/mol. The van der Waals surface area contributed by atoms with Crippen molar-refractivity contribution in [3.8, 4) is 16.9 Å². The van der Waals surface area contributed by atoms with Crippen molar-refractivity contribution in [2.75, 3.05) is 6.61 Å². The summed E-state index contributed by atoms with van der Waals surface area (Å²) >= 11 is 0. The predicted molar refractivity (Wildman–Crippen MR) is 91.9 cm³/mol. The summed E-state index contributed by atoms with van der Waals surface area (Å²) in [5.41, 5.74) is 2.60. The molecule has 6 nitrogen and oxygen atoms in total. The topological polar surface area (TPSA) is 81.4 Å². The largest absolute Gasteiger partial charge is 0.478 e. The minimum atomic E-state index is -0.998. The van der Waals surface area contributed by atoms with Gasteiger partial charge in [-0.1, -0.05) is 30.3 Å². The molecule has 0 radical (unpaired) electrons. The summed E-state index contributed by atoms with van der Waals surface area (Å²) in [5, 5.41) is 13.3. The first-order valence-corrected chi connectivity index (χ1v) is 7.76. The molecule has 2 aromatic carbocycles. The van der Waals surface area contributed by atoms with Crippen molar-refractivity contribution in [3.63, 3.8) is 0 Å². The molecule has 3 rings (SSSR count). The van der Waals surface area contributed by atoms with Crippen LogP contribution in [0, 0.1) is 0 Å². The predicted octanol–water partition coefficient (Wildman–Crippen LogP) is 3.41. The fourth-order valence-corrected chi connectivity index (χ4v) is 2.52. The van der Waals surface area contributed by atoms with Crippen molar-refractivity contribution in [1.29, 1.82) is 0 Å². The Kier molecular flexibility index (Phi) is 4.61. The lowest BCUT2D eigenvalue weighted by atomic mass is 10.1. The summed E-state index contributed by atoms with van der Waals surface area (Å²) in [6.07, 6.45) is 1.46. The molecule has 0 aliphatic carbocycles. The molecule has 0 saturated heterocycles. The first kappa shape index (κ1) is 16.4. The van der Waals surface area contributed by atoms with Gasteiger partial charge in [-0.2, -0.15) is 5.10 Å². The van der Waals surface area contributed by atoms with Gasteiger partial charge < -0.3 is 9.84 Å². The zero-order valence-electron chi connectivity index (χ0n) is 13.5. The van der Waals surface area contributed by atoms with Crippen molar-refractivity contribution in [1.82, 2.24) is 9.78 Å². The quantitative estimate of drug-likeness (QED) is 0.722. The Morgan fingerprint density at radius 2 is 1.76 bits per heavy atom. The highest BCUT2D eigenvalue weighted by Gasteiger charge is 2.21. The molecule has 0 aliphatic heterocycles. The number of carbonyl (C=O) groups excluding carboxylic acids is 1. The number of carboxylic acid groups (broad SMARTS) is 1. The van der Waals surface area contributed by atoms with Crippen LogP contribution in [-0.2, 0) is 4.74 Å². The summed E-state index contributed by atoms with van der Waals surface area (Å²) < 4.78 is 6.72. The van der Waals surface area contributed by atoms with Gasteiger partial charge in [0.2, 0.25) is 0 Å². The molecule has 0 amide bonds. The lowest BCUT2D eigenvalue weighted by molar-refractivity contribution is 0.0526.